The number of halogens is 3. The summed E-state index contributed by atoms with van der Waals surface area (Å²) < 4.78 is 42.4. The van der Waals surface area contributed by atoms with Crippen LogP contribution in [0.5, 0.6) is 0 Å². The van der Waals surface area contributed by atoms with Gasteiger partial charge in [0, 0.05) is 0 Å². The molecule has 106 valence electrons. The van der Waals surface area contributed by atoms with Gasteiger partial charge in [-0.25, -0.2) is 0 Å². The second-order valence-electron chi connectivity index (χ2n) is 4.04. The van der Waals surface area contributed by atoms with Crippen LogP contribution in [-0.2, 0) is 9.53 Å². The van der Waals surface area contributed by atoms with E-state index in [1.165, 1.54) is 6.07 Å². The number of benzene rings is 2. The minimum absolute atomic E-state index is 0.303. The van der Waals surface area contributed by atoms with Gasteiger partial charge in [0.1, 0.15) is 5.25 Å². The Morgan fingerprint density at radius 3 is 2.45 bits per heavy atom. The third kappa shape index (κ3) is 3.25. The second kappa shape index (κ2) is 5.75. The van der Waals surface area contributed by atoms with E-state index in [1.54, 1.807) is 36.4 Å². The Bertz CT molecular complexity index is 620. The highest BCUT2D eigenvalue weighted by Crippen LogP contribution is 2.44. The lowest BCUT2D eigenvalue weighted by atomic mass is 10.0. The van der Waals surface area contributed by atoms with Crippen molar-refractivity contribution < 1.29 is 22.7 Å². The Morgan fingerprint density at radius 2 is 1.80 bits per heavy atom. The molecule has 0 heterocycles. The molecular weight excluding hydrogens is 289 g/mol. The Hall–Kier alpha value is -1.69. The van der Waals surface area contributed by atoms with E-state index in [4.69, 9.17) is 0 Å². The number of hydrogen-bond donors (Lipinski definition) is 0. The first-order chi connectivity index (χ1) is 9.42. The summed E-state index contributed by atoms with van der Waals surface area (Å²) in [6.45, 7) is 0. The fourth-order valence-corrected chi connectivity index (χ4v) is 2.75. The molecule has 1 unspecified atom stereocenters. The highest BCUT2D eigenvalue weighted by molar-refractivity contribution is 8.01. The number of methoxy groups -OCH3 is 1. The average molecular weight is 300 g/mol. The molecule has 0 aromatic heterocycles. The summed E-state index contributed by atoms with van der Waals surface area (Å²) in [6.07, 6.45) is 0. The van der Waals surface area contributed by atoms with Gasteiger partial charge in [0.25, 0.3) is 0 Å². The fourth-order valence-electron chi connectivity index (χ4n) is 1.96. The molecule has 0 spiro atoms. The summed E-state index contributed by atoms with van der Waals surface area (Å²) in [6, 6.07) is 11.9. The van der Waals surface area contributed by atoms with E-state index in [1.807, 2.05) is 0 Å². The number of esters is 1. The van der Waals surface area contributed by atoms with E-state index in [9.17, 15) is 18.0 Å². The van der Waals surface area contributed by atoms with Gasteiger partial charge in [0.15, 0.2) is 0 Å². The third-order valence-corrected chi connectivity index (χ3v) is 3.72. The van der Waals surface area contributed by atoms with Gasteiger partial charge in [-0.05, 0) is 28.1 Å². The van der Waals surface area contributed by atoms with Crippen molar-refractivity contribution in [2.45, 2.75) is 10.8 Å². The van der Waals surface area contributed by atoms with Gasteiger partial charge >= 0.3 is 11.5 Å². The smallest absolute Gasteiger partial charge is 0.442 e. The van der Waals surface area contributed by atoms with E-state index in [0.29, 0.717) is 10.9 Å². The molecule has 1 atom stereocenters. The van der Waals surface area contributed by atoms with Crippen molar-refractivity contribution in [2.24, 2.45) is 0 Å². The lowest BCUT2D eigenvalue weighted by Crippen LogP contribution is -2.16. The van der Waals surface area contributed by atoms with Crippen LogP contribution < -0.4 is 0 Å². The maximum Gasteiger partial charge on any atom is 0.442 e. The second-order valence-corrected chi connectivity index (χ2v) is 5.21. The van der Waals surface area contributed by atoms with E-state index in [2.05, 4.69) is 4.74 Å². The molecule has 2 aromatic carbocycles. The van der Waals surface area contributed by atoms with Gasteiger partial charge in [-0.2, -0.15) is 13.2 Å². The number of hydrogen-bond acceptors (Lipinski definition) is 3. The molecule has 0 aliphatic heterocycles. The number of ether oxygens (including phenoxy) is 1. The van der Waals surface area contributed by atoms with Crippen LogP contribution in [0.4, 0.5) is 13.2 Å². The summed E-state index contributed by atoms with van der Waals surface area (Å²) in [5.74, 6) is -0.913. The molecule has 0 N–H and O–H groups in total. The molecule has 2 nitrogen and oxygen atoms in total. The first-order valence-corrected chi connectivity index (χ1v) is 6.60. The van der Waals surface area contributed by atoms with Crippen molar-refractivity contribution in [2.75, 3.05) is 7.11 Å². The highest BCUT2D eigenvalue weighted by Gasteiger charge is 2.38. The van der Waals surface area contributed by atoms with Crippen LogP contribution in [0.3, 0.4) is 0 Å². The quantitative estimate of drug-likeness (QED) is 0.790. The number of carbonyl (C=O) groups is 1. The average Bonchev–Trinajstić information content (AvgIpc) is 2.42. The minimum atomic E-state index is -4.52. The topological polar surface area (TPSA) is 26.3 Å². The summed E-state index contributed by atoms with van der Waals surface area (Å²) in [4.78, 5) is 11.7. The maximum absolute atomic E-state index is 12.6. The molecule has 2 aromatic rings. The predicted molar refractivity (Wildman–Crippen MR) is 72.4 cm³/mol. The molecule has 20 heavy (non-hydrogen) atoms. The van der Waals surface area contributed by atoms with Crippen LogP contribution in [0.2, 0.25) is 0 Å². The highest BCUT2D eigenvalue weighted by atomic mass is 32.2. The molecule has 6 heteroatoms. The van der Waals surface area contributed by atoms with Crippen molar-refractivity contribution in [1.29, 1.82) is 0 Å². The van der Waals surface area contributed by atoms with Gasteiger partial charge in [-0.15, -0.1) is 0 Å². The van der Waals surface area contributed by atoms with Crippen molar-refractivity contribution in [3.63, 3.8) is 0 Å². The first kappa shape index (κ1) is 14.7. The molecular formula is C14H11F3O2S. The van der Waals surface area contributed by atoms with Gasteiger partial charge in [0.05, 0.1) is 7.11 Å². The van der Waals surface area contributed by atoms with Crippen LogP contribution in [0, 0.1) is 0 Å². The van der Waals surface area contributed by atoms with Crippen molar-refractivity contribution in [3.8, 4) is 0 Å². The molecule has 0 bridgehead atoms. The Morgan fingerprint density at radius 1 is 1.15 bits per heavy atom. The molecule has 2 rings (SSSR count). The predicted octanol–water partition coefficient (Wildman–Crippen LogP) is 4.31. The summed E-state index contributed by atoms with van der Waals surface area (Å²) in [5, 5.41) is -0.0325. The number of fused-ring (bicyclic) bond motifs is 1. The van der Waals surface area contributed by atoms with E-state index >= 15 is 0 Å². The zero-order valence-electron chi connectivity index (χ0n) is 10.5. The molecule has 0 aliphatic carbocycles. The van der Waals surface area contributed by atoms with Crippen LogP contribution in [-0.4, -0.2) is 18.6 Å². The molecule has 0 saturated carbocycles. The van der Waals surface area contributed by atoms with E-state index < -0.39 is 16.7 Å². The molecule has 0 amide bonds. The summed E-state index contributed by atoms with van der Waals surface area (Å²) in [5.41, 5.74) is -4.22. The van der Waals surface area contributed by atoms with Gasteiger partial charge in [0.2, 0.25) is 0 Å². The number of thioether (sulfide) groups is 1. The fraction of sp³-hybridized carbons (Fsp3) is 0.214. The standard InChI is InChI=1S/C14H11F3O2S/c1-19-13(18)12(20-14(15,16)17)11-8-4-6-9-5-2-3-7-10(9)11/h2-8,12H,1H3. The number of carbonyl (C=O) groups excluding carboxylic acids is 1. The Kier molecular flexibility index (Phi) is 4.23. The summed E-state index contributed by atoms with van der Waals surface area (Å²) in [7, 11) is 1.08. The molecule has 0 radical (unpaired) electrons. The van der Waals surface area contributed by atoms with Crippen LogP contribution in [0.1, 0.15) is 10.8 Å². The SMILES string of the molecule is COC(=O)C(SC(F)(F)F)c1cccc2ccccc12. The number of alkyl halides is 3. The van der Waals surface area contributed by atoms with E-state index in [0.717, 1.165) is 12.5 Å². The zero-order valence-corrected chi connectivity index (χ0v) is 11.3. The molecule has 0 saturated heterocycles. The monoisotopic (exact) mass is 300 g/mol. The van der Waals surface area contributed by atoms with E-state index in [-0.39, 0.29) is 11.8 Å². The van der Waals surface area contributed by atoms with Gasteiger partial charge in [-0.1, -0.05) is 42.5 Å². The van der Waals surface area contributed by atoms with Crippen molar-refractivity contribution in [1.82, 2.24) is 0 Å². The Balaban J connectivity index is 2.53. The molecule has 0 fully saturated rings. The number of rotatable bonds is 3. The normalized spacial score (nSPS) is 13.2. The van der Waals surface area contributed by atoms with Crippen LogP contribution in [0.15, 0.2) is 42.5 Å². The lowest BCUT2D eigenvalue weighted by Gasteiger charge is -2.18. The van der Waals surface area contributed by atoms with Crippen LogP contribution >= 0.6 is 11.8 Å². The van der Waals surface area contributed by atoms with Gasteiger partial charge in [-0.3, -0.25) is 4.79 Å². The van der Waals surface area contributed by atoms with Crippen LogP contribution in [0.25, 0.3) is 10.8 Å². The molecule has 0 aliphatic rings. The third-order valence-electron chi connectivity index (χ3n) is 2.77. The van der Waals surface area contributed by atoms with Gasteiger partial charge < -0.3 is 4.74 Å². The Labute approximate surface area is 117 Å². The minimum Gasteiger partial charge on any atom is -0.468 e. The lowest BCUT2D eigenvalue weighted by molar-refractivity contribution is -0.140. The summed E-state index contributed by atoms with van der Waals surface area (Å²) >= 11 is -0.372. The maximum atomic E-state index is 12.6. The first-order valence-electron chi connectivity index (χ1n) is 5.72. The van der Waals surface area contributed by atoms with Crippen molar-refractivity contribution >= 4 is 28.5 Å². The van der Waals surface area contributed by atoms with Crippen molar-refractivity contribution in [3.05, 3.63) is 48.0 Å². The largest absolute Gasteiger partial charge is 0.468 e. The zero-order chi connectivity index (χ0) is 14.8.